The van der Waals surface area contributed by atoms with Crippen molar-refractivity contribution in [3.8, 4) is 0 Å². The van der Waals surface area contributed by atoms with Gasteiger partial charge in [0, 0.05) is 11.4 Å². The van der Waals surface area contributed by atoms with Crippen LogP contribution in [0.2, 0.25) is 0 Å². The molecule has 122 valence electrons. The normalized spacial score (nSPS) is 17.1. The van der Waals surface area contributed by atoms with E-state index < -0.39 is 0 Å². The van der Waals surface area contributed by atoms with E-state index in [1.54, 1.807) is 0 Å². The second kappa shape index (κ2) is 7.36. The Balaban J connectivity index is 1.95. The second-order valence-electron chi connectivity index (χ2n) is 5.44. The van der Waals surface area contributed by atoms with Crippen molar-refractivity contribution in [1.29, 1.82) is 0 Å². The smallest absolute Gasteiger partial charge is 0.255 e. The molecule has 0 unspecified atom stereocenters. The number of aliphatic imine (C=N–C) groups is 1. The van der Waals surface area contributed by atoms with Gasteiger partial charge in [0.2, 0.25) is 0 Å². The Kier molecular flexibility index (Phi) is 5.01. The van der Waals surface area contributed by atoms with Gasteiger partial charge in [0.25, 0.3) is 5.91 Å². The lowest BCUT2D eigenvalue weighted by Crippen LogP contribution is -2.31. The summed E-state index contributed by atoms with van der Waals surface area (Å²) in [7, 11) is 0. The summed E-state index contributed by atoms with van der Waals surface area (Å²) in [6.07, 6.45) is 1.97. The Hall–Kier alpha value is -2.53. The first-order valence-corrected chi connectivity index (χ1v) is 8.92. The molecule has 2 N–H and O–H groups in total. The topological polar surface area (TPSA) is 53.5 Å². The summed E-state index contributed by atoms with van der Waals surface area (Å²) in [5.74, 6) is -0.135. The number of allylic oxidation sites excluding steroid dienone is 1. The molecule has 1 aliphatic heterocycles. The van der Waals surface area contributed by atoms with E-state index in [-0.39, 0.29) is 11.9 Å². The number of hydrogen-bond donors (Lipinski definition) is 2. The maximum atomic E-state index is 12.9. The summed E-state index contributed by atoms with van der Waals surface area (Å²) in [5, 5.41) is 6.99. The summed E-state index contributed by atoms with van der Waals surface area (Å²) in [4.78, 5) is 17.6. The fraction of sp³-hybridized carbons (Fsp3) is 0.158. The molecule has 1 heterocycles. The molecule has 1 aliphatic rings. The average Bonchev–Trinajstić information content (AvgIpc) is 2.62. The van der Waals surface area contributed by atoms with Crippen molar-refractivity contribution in [3.05, 3.63) is 77.5 Å². The van der Waals surface area contributed by atoms with Crippen LogP contribution in [0.3, 0.4) is 0 Å². The third-order valence-corrected chi connectivity index (χ3v) is 4.40. The molecule has 0 fully saturated rings. The monoisotopic (exact) mass is 337 g/mol. The highest BCUT2D eigenvalue weighted by atomic mass is 32.2. The molecule has 2 aromatic carbocycles. The third kappa shape index (κ3) is 3.51. The van der Waals surface area contributed by atoms with Crippen LogP contribution >= 0.6 is 11.8 Å². The molecular formula is C19H19N3OS. The lowest BCUT2D eigenvalue weighted by Gasteiger charge is -2.26. The molecule has 4 nitrogen and oxygen atoms in total. The summed E-state index contributed by atoms with van der Waals surface area (Å²) in [6, 6.07) is 19.1. The van der Waals surface area contributed by atoms with Gasteiger partial charge in [-0.15, -0.1) is 0 Å². The van der Waals surface area contributed by atoms with Gasteiger partial charge in [-0.05, 0) is 30.9 Å². The maximum Gasteiger partial charge on any atom is 0.255 e. The van der Waals surface area contributed by atoms with Gasteiger partial charge in [-0.2, -0.15) is 0 Å². The molecule has 24 heavy (non-hydrogen) atoms. The fourth-order valence-electron chi connectivity index (χ4n) is 2.64. The number of benzene rings is 2. The number of carbonyl (C=O) groups is 1. The van der Waals surface area contributed by atoms with Gasteiger partial charge >= 0.3 is 0 Å². The average molecular weight is 337 g/mol. The molecule has 5 heteroatoms. The highest BCUT2D eigenvalue weighted by Gasteiger charge is 2.29. The number of nitrogens with zero attached hydrogens (tertiary/aromatic N) is 1. The molecule has 1 atom stereocenters. The van der Waals surface area contributed by atoms with E-state index >= 15 is 0 Å². The van der Waals surface area contributed by atoms with E-state index in [2.05, 4.69) is 10.6 Å². The van der Waals surface area contributed by atoms with Crippen molar-refractivity contribution in [2.75, 3.05) is 11.6 Å². The van der Waals surface area contributed by atoms with Crippen LogP contribution in [0.4, 0.5) is 5.69 Å². The number of hydrogen-bond acceptors (Lipinski definition) is 4. The van der Waals surface area contributed by atoms with E-state index in [9.17, 15) is 4.79 Å². The van der Waals surface area contributed by atoms with E-state index in [0.717, 1.165) is 22.1 Å². The first-order chi connectivity index (χ1) is 11.7. The van der Waals surface area contributed by atoms with Crippen LogP contribution in [-0.4, -0.2) is 17.3 Å². The second-order valence-corrected chi connectivity index (χ2v) is 6.23. The molecule has 0 bridgehead atoms. The number of para-hydroxylation sites is 1. The number of carbonyl (C=O) groups excluding carboxylic acids is 1. The van der Waals surface area contributed by atoms with E-state index in [4.69, 9.17) is 4.99 Å². The van der Waals surface area contributed by atoms with Gasteiger partial charge in [-0.3, -0.25) is 4.79 Å². The molecule has 1 amide bonds. The highest BCUT2D eigenvalue weighted by molar-refractivity contribution is 8.13. The lowest BCUT2D eigenvalue weighted by molar-refractivity contribution is -0.113. The Morgan fingerprint density at radius 3 is 2.33 bits per heavy atom. The van der Waals surface area contributed by atoms with Crippen molar-refractivity contribution in [1.82, 2.24) is 5.32 Å². The molecule has 0 aliphatic carbocycles. The van der Waals surface area contributed by atoms with Crippen LogP contribution in [0.25, 0.3) is 0 Å². The minimum Gasteiger partial charge on any atom is -0.338 e. The van der Waals surface area contributed by atoms with Gasteiger partial charge in [0.1, 0.15) is 6.04 Å². The minimum absolute atomic E-state index is 0.135. The van der Waals surface area contributed by atoms with Crippen LogP contribution in [-0.2, 0) is 4.79 Å². The Morgan fingerprint density at radius 2 is 1.71 bits per heavy atom. The van der Waals surface area contributed by atoms with E-state index in [0.29, 0.717) is 5.57 Å². The van der Waals surface area contributed by atoms with Crippen LogP contribution in [0.5, 0.6) is 0 Å². The third-order valence-electron chi connectivity index (χ3n) is 3.80. The first-order valence-electron chi connectivity index (χ1n) is 7.70. The maximum absolute atomic E-state index is 12.9. The molecule has 3 rings (SSSR count). The quantitative estimate of drug-likeness (QED) is 0.891. The fourth-order valence-corrected chi connectivity index (χ4v) is 3.11. The molecule has 0 radical (unpaired) electrons. The van der Waals surface area contributed by atoms with Crippen molar-refractivity contribution < 1.29 is 4.79 Å². The van der Waals surface area contributed by atoms with Gasteiger partial charge in [0.15, 0.2) is 5.17 Å². The van der Waals surface area contributed by atoms with Gasteiger partial charge < -0.3 is 10.6 Å². The Bertz CT molecular complexity index is 785. The van der Waals surface area contributed by atoms with E-state index in [1.165, 1.54) is 11.8 Å². The zero-order valence-electron chi connectivity index (χ0n) is 13.6. The first kappa shape index (κ1) is 16.3. The van der Waals surface area contributed by atoms with Crippen molar-refractivity contribution in [2.45, 2.75) is 13.0 Å². The number of rotatable bonds is 3. The standard InChI is InChI=1S/C19H19N3OS/c1-13-16(18(23)21-15-11-7-4-8-12-15)17(22-19(20-13)24-2)14-9-5-3-6-10-14/h3-12,17H,1-2H3,(H,20,22)(H,21,23)/t17-/m0/s1. The zero-order valence-corrected chi connectivity index (χ0v) is 14.4. The van der Waals surface area contributed by atoms with Crippen LogP contribution in [0, 0.1) is 0 Å². The Morgan fingerprint density at radius 1 is 1.08 bits per heavy atom. The molecule has 2 aromatic rings. The molecular weight excluding hydrogens is 318 g/mol. The largest absolute Gasteiger partial charge is 0.338 e. The molecule has 0 saturated carbocycles. The van der Waals surface area contributed by atoms with Crippen LogP contribution < -0.4 is 10.6 Å². The summed E-state index contributed by atoms with van der Waals surface area (Å²) >= 11 is 1.54. The van der Waals surface area contributed by atoms with Gasteiger partial charge in [-0.1, -0.05) is 60.3 Å². The number of anilines is 1. The summed E-state index contributed by atoms with van der Waals surface area (Å²) in [5.41, 5.74) is 3.25. The SMILES string of the molecule is CSC1=N[C@@H](c2ccccc2)C(C(=O)Nc2ccccc2)=C(C)N1. The van der Waals surface area contributed by atoms with Crippen LogP contribution in [0.1, 0.15) is 18.5 Å². The predicted octanol–water partition coefficient (Wildman–Crippen LogP) is 3.96. The van der Waals surface area contributed by atoms with Gasteiger partial charge in [0.05, 0.1) is 5.57 Å². The summed E-state index contributed by atoms with van der Waals surface area (Å²) < 4.78 is 0. The molecule has 0 spiro atoms. The van der Waals surface area contributed by atoms with E-state index in [1.807, 2.05) is 73.8 Å². The molecule has 0 saturated heterocycles. The highest BCUT2D eigenvalue weighted by Crippen LogP contribution is 2.32. The number of amidine groups is 1. The van der Waals surface area contributed by atoms with Crippen molar-refractivity contribution in [3.63, 3.8) is 0 Å². The number of thioether (sulfide) groups is 1. The number of amides is 1. The van der Waals surface area contributed by atoms with Crippen molar-refractivity contribution >= 4 is 28.5 Å². The lowest BCUT2D eigenvalue weighted by atomic mass is 9.96. The summed E-state index contributed by atoms with van der Waals surface area (Å²) in [6.45, 7) is 1.92. The molecule has 0 aromatic heterocycles. The zero-order chi connectivity index (χ0) is 16.9. The van der Waals surface area contributed by atoms with Gasteiger partial charge in [-0.25, -0.2) is 4.99 Å². The number of nitrogens with one attached hydrogen (secondary N) is 2. The Labute approximate surface area is 146 Å². The van der Waals surface area contributed by atoms with Crippen LogP contribution in [0.15, 0.2) is 76.9 Å². The van der Waals surface area contributed by atoms with Crippen molar-refractivity contribution in [2.24, 2.45) is 4.99 Å². The predicted molar refractivity (Wildman–Crippen MR) is 101 cm³/mol. The minimum atomic E-state index is -0.307.